The molecule has 23 heavy (non-hydrogen) atoms. The third-order valence-corrected chi connectivity index (χ3v) is 3.60. The molecule has 0 unspecified atom stereocenters. The third-order valence-electron chi connectivity index (χ3n) is 3.60. The molecule has 0 saturated heterocycles. The molecule has 1 aromatic carbocycles. The molecule has 0 aliphatic rings. The number of hydrogen-bond acceptors (Lipinski definition) is 4. The summed E-state index contributed by atoms with van der Waals surface area (Å²) in [6, 6.07) is 10.3. The van der Waals surface area contributed by atoms with Gasteiger partial charge in [-0.1, -0.05) is 12.1 Å². The molecule has 6 heteroatoms. The number of rotatable bonds is 4. The van der Waals surface area contributed by atoms with Crippen LogP contribution in [0.5, 0.6) is 0 Å². The lowest BCUT2D eigenvalue weighted by Crippen LogP contribution is -2.37. The van der Waals surface area contributed by atoms with Gasteiger partial charge in [0.05, 0.1) is 23.7 Å². The van der Waals surface area contributed by atoms with Crippen molar-refractivity contribution >= 4 is 16.8 Å². The van der Waals surface area contributed by atoms with E-state index in [1.165, 1.54) is 6.26 Å². The number of furan rings is 1. The molecule has 6 nitrogen and oxygen atoms in total. The highest BCUT2D eigenvalue weighted by molar-refractivity contribution is 5.91. The standard InChI is InChI=1S/C17H17N3O3/c1-11(2)20(17(22)14-8-5-9-23-14)10-15-18-13-7-4-3-6-12(13)16(21)19-15/h3-9,11H,10H2,1-2H3,(H,18,19,21). The maximum Gasteiger partial charge on any atom is 0.290 e. The molecule has 0 bridgehead atoms. The summed E-state index contributed by atoms with van der Waals surface area (Å²) in [6.45, 7) is 4.01. The number of aromatic nitrogens is 2. The van der Waals surface area contributed by atoms with E-state index in [4.69, 9.17) is 4.42 Å². The largest absolute Gasteiger partial charge is 0.459 e. The molecule has 0 radical (unpaired) electrons. The maximum absolute atomic E-state index is 12.5. The number of nitrogens with zero attached hydrogens (tertiary/aromatic N) is 2. The molecule has 0 saturated carbocycles. The number of amides is 1. The summed E-state index contributed by atoms with van der Waals surface area (Å²) in [5.74, 6) is 0.477. The van der Waals surface area contributed by atoms with Gasteiger partial charge in [0.2, 0.25) is 0 Å². The Morgan fingerprint density at radius 2 is 2.04 bits per heavy atom. The predicted octanol–water partition coefficient (Wildman–Crippen LogP) is 2.57. The number of carbonyl (C=O) groups excluding carboxylic acids is 1. The van der Waals surface area contributed by atoms with Crippen LogP contribution in [0.2, 0.25) is 0 Å². The fourth-order valence-corrected chi connectivity index (χ4v) is 2.40. The van der Waals surface area contributed by atoms with Crippen LogP contribution in [0.15, 0.2) is 51.9 Å². The first kappa shape index (κ1) is 15.0. The lowest BCUT2D eigenvalue weighted by Gasteiger charge is -2.25. The van der Waals surface area contributed by atoms with Gasteiger partial charge in [-0.05, 0) is 38.1 Å². The van der Waals surface area contributed by atoms with Crippen LogP contribution in [0.3, 0.4) is 0 Å². The summed E-state index contributed by atoms with van der Waals surface area (Å²) in [5.41, 5.74) is 0.403. The van der Waals surface area contributed by atoms with E-state index in [1.807, 2.05) is 19.9 Å². The second-order valence-electron chi connectivity index (χ2n) is 5.53. The average molecular weight is 311 g/mol. The van der Waals surface area contributed by atoms with E-state index in [0.717, 1.165) is 0 Å². The van der Waals surface area contributed by atoms with Crippen molar-refractivity contribution in [2.75, 3.05) is 0 Å². The second-order valence-corrected chi connectivity index (χ2v) is 5.53. The van der Waals surface area contributed by atoms with Crippen LogP contribution in [-0.4, -0.2) is 26.8 Å². The Kier molecular flexibility index (Phi) is 3.97. The Hall–Kier alpha value is -2.89. The highest BCUT2D eigenvalue weighted by atomic mass is 16.3. The fourth-order valence-electron chi connectivity index (χ4n) is 2.40. The van der Waals surface area contributed by atoms with Crippen LogP contribution in [0, 0.1) is 0 Å². The van der Waals surface area contributed by atoms with Crippen LogP contribution in [-0.2, 0) is 6.54 Å². The smallest absolute Gasteiger partial charge is 0.290 e. The Morgan fingerprint density at radius 1 is 1.26 bits per heavy atom. The van der Waals surface area contributed by atoms with Gasteiger partial charge in [-0.3, -0.25) is 9.59 Å². The summed E-state index contributed by atoms with van der Waals surface area (Å²) in [7, 11) is 0. The molecule has 0 spiro atoms. The monoisotopic (exact) mass is 311 g/mol. The number of nitrogens with one attached hydrogen (secondary N) is 1. The number of hydrogen-bond donors (Lipinski definition) is 1. The molecule has 3 rings (SSSR count). The van der Waals surface area contributed by atoms with E-state index in [9.17, 15) is 9.59 Å². The van der Waals surface area contributed by atoms with E-state index in [-0.39, 0.29) is 29.8 Å². The van der Waals surface area contributed by atoms with Gasteiger partial charge in [-0.2, -0.15) is 0 Å². The van der Waals surface area contributed by atoms with Gasteiger partial charge in [0.1, 0.15) is 5.82 Å². The first-order valence-electron chi connectivity index (χ1n) is 7.38. The molecular weight excluding hydrogens is 294 g/mol. The molecule has 1 amide bonds. The van der Waals surface area contributed by atoms with Gasteiger partial charge in [0, 0.05) is 6.04 Å². The fraction of sp³-hybridized carbons (Fsp3) is 0.235. The van der Waals surface area contributed by atoms with Crippen LogP contribution >= 0.6 is 0 Å². The van der Waals surface area contributed by atoms with Crippen molar-refractivity contribution in [1.29, 1.82) is 0 Å². The average Bonchev–Trinajstić information content (AvgIpc) is 3.06. The minimum absolute atomic E-state index is 0.0654. The molecule has 0 fully saturated rings. The normalized spacial score (nSPS) is 11.1. The third kappa shape index (κ3) is 3.01. The lowest BCUT2D eigenvalue weighted by atomic mass is 10.2. The van der Waals surface area contributed by atoms with Crippen molar-refractivity contribution < 1.29 is 9.21 Å². The first-order valence-corrected chi connectivity index (χ1v) is 7.38. The van der Waals surface area contributed by atoms with Crippen molar-refractivity contribution in [2.45, 2.75) is 26.4 Å². The zero-order valence-electron chi connectivity index (χ0n) is 12.9. The van der Waals surface area contributed by atoms with E-state index in [2.05, 4.69) is 9.97 Å². The number of para-hydroxylation sites is 1. The zero-order chi connectivity index (χ0) is 16.4. The number of aromatic amines is 1. The maximum atomic E-state index is 12.5. The molecule has 3 aromatic rings. The predicted molar refractivity (Wildman–Crippen MR) is 86.1 cm³/mol. The minimum Gasteiger partial charge on any atom is -0.459 e. The summed E-state index contributed by atoms with van der Waals surface area (Å²) >= 11 is 0. The van der Waals surface area contributed by atoms with Crippen LogP contribution < -0.4 is 5.56 Å². The first-order chi connectivity index (χ1) is 11.1. The number of carbonyl (C=O) groups is 1. The molecule has 0 atom stereocenters. The molecule has 2 aromatic heterocycles. The Balaban J connectivity index is 1.95. The summed E-state index contributed by atoms with van der Waals surface area (Å²) < 4.78 is 5.17. The Morgan fingerprint density at radius 3 is 2.74 bits per heavy atom. The Labute approximate surface area is 132 Å². The van der Waals surface area contributed by atoms with E-state index >= 15 is 0 Å². The van der Waals surface area contributed by atoms with Crippen molar-refractivity contribution in [3.8, 4) is 0 Å². The molecule has 0 aliphatic heterocycles. The number of fused-ring (bicyclic) bond motifs is 1. The lowest BCUT2D eigenvalue weighted by molar-refractivity contribution is 0.0652. The zero-order valence-corrected chi connectivity index (χ0v) is 12.9. The molecule has 118 valence electrons. The van der Waals surface area contributed by atoms with Crippen molar-refractivity contribution in [3.63, 3.8) is 0 Å². The summed E-state index contributed by atoms with van der Waals surface area (Å²) in [5, 5.41) is 0.532. The second kappa shape index (κ2) is 6.08. The number of H-pyrrole nitrogens is 1. The van der Waals surface area contributed by atoms with Crippen molar-refractivity contribution in [3.05, 3.63) is 64.6 Å². The van der Waals surface area contributed by atoms with Crippen LogP contribution in [0.4, 0.5) is 0 Å². The minimum atomic E-state index is -0.235. The number of benzene rings is 1. The summed E-state index contributed by atoms with van der Waals surface area (Å²) in [6.07, 6.45) is 1.46. The Bertz CT molecular complexity index is 881. The van der Waals surface area contributed by atoms with E-state index in [1.54, 1.807) is 35.2 Å². The van der Waals surface area contributed by atoms with Gasteiger partial charge in [-0.25, -0.2) is 4.98 Å². The van der Waals surface area contributed by atoms with Crippen molar-refractivity contribution in [1.82, 2.24) is 14.9 Å². The van der Waals surface area contributed by atoms with Crippen LogP contribution in [0.1, 0.15) is 30.2 Å². The van der Waals surface area contributed by atoms with Crippen molar-refractivity contribution in [2.24, 2.45) is 0 Å². The van der Waals surface area contributed by atoms with Gasteiger partial charge in [0.25, 0.3) is 11.5 Å². The molecular formula is C17H17N3O3. The van der Waals surface area contributed by atoms with Crippen LogP contribution in [0.25, 0.3) is 10.9 Å². The molecule has 1 N–H and O–H groups in total. The highest BCUT2D eigenvalue weighted by Crippen LogP contribution is 2.13. The quantitative estimate of drug-likeness (QED) is 0.803. The van der Waals surface area contributed by atoms with E-state index < -0.39 is 0 Å². The summed E-state index contributed by atoms with van der Waals surface area (Å²) in [4.78, 5) is 33.4. The van der Waals surface area contributed by atoms with Gasteiger partial charge >= 0.3 is 0 Å². The molecule has 2 heterocycles. The van der Waals surface area contributed by atoms with Gasteiger partial charge in [0.15, 0.2) is 5.76 Å². The van der Waals surface area contributed by atoms with Gasteiger partial charge in [-0.15, -0.1) is 0 Å². The van der Waals surface area contributed by atoms with E-state index in [0.29, 0.717) is 16.7 Å². The topological polar surface area (TPSA) is 79.2 Å². The highest BCUT2D eigenvalue weighted by Gasteiger charge is 2.22. The molecule has 0 aliphatic carbocycles. The van der Waals surface area contributed by atoms with Gasteiger partial charge < -0.3 is 14.3 Å². The SMILES string of the molecule is CC(C)N(Cc1nc2ccccc2c(=O)[nH]1)C(=O)c1ccco1.